The second-order valence-corrected chi connectivity index (χ2v) is 15.9. The number of aromatic nitrogens is 4. The Balaban J connectivity index is 1.59. The maximum absolute atomic E-state index is 12.7. The monoisotopic (exact) mass is 521 g/mol. The third-order valence-electron chi connectivity index (χ3n) is 6.36. The minimum Gasteiger partial charge on any atom is -0.480 e. The van der Waals surface area contributed by atoms with Crippen LogP contribution in [0.25, 0.3) is 0 Å². The number of nitrogens with one attached hydrogen (secondary N) is 2. The molecule has 10 nitrogen and oxygen atoms in total. The highest BCUT2D eigenvalue weighted by molar-refractivity contribution is 6.76. The first-order valence-electron chi connectivity index (χ1n) is 12.3. The highest BCUT2D eigenvalue weighted by Gasteiger charge is 2.35. The van der Waals surface area contributed by atoms with Crippen molar-refractivity contribution < 1.29 is 14.3 Å². The van der Waals surface area contributed by atoms with Crippen molar-refractivity contribution >= 4 is 31.3 Å². The zero-order valence-electron chi connectivity index (χ0n) is 22.3. The molecule has 3 aromatic rings. The standard InChI is InChI=1S/C26H35N7O3Si/c1-17-11-21(32-22-13-31-23(35-3)14-30-22)29-12-19(17)20-15-33(16-36-9-10-37(4,5)6)25-18(20)7-8-28-24(25)26(34)27-2/h7-8,11-14,20H,9-10,15-16H2,1-6H3,(H,27,34)(H,29,30,32). The fourth-order valence-corrected chi connectivity index (χ4v) is 5.09. The predicted octanol–water partition coefficient (Wildman–Crippen LogP) is 3.95. The molecule has 1 aliphatic heterocycles. The molecule has 4 heterocycles. The number of hydrogen-bond donors (Lipinski definition) is 2. The Bertz CT molecular complexity index is 1250. The van der Waals surface area contributed by atoms with Crippen LogP contribution in [-0.4, -0.2) is 68.0 Å². The van der Waals surface area contributed by atoms with Gasteiger partial charge in [-0.05, 0) is 41.8 Å². The second kappa shape index (κ2) is 11.2. The summed E-state index contributed by atoms with van der Waals surface area (Å²) < 4.78 is 11.2. The maximum atomic E-state index is 12.7. The first kappa shape index (κ1) is 26.5. The third kappa shape index (κ3) is 6.23. The zero-order chi connectivity index (χ0) is 26.6. The van der Waals surface area contributed by atoms with Crippen LogP contribution in [0.5, 0.6) is 5.88 Å². The molecule has 1 aliphatic rings. The fourth-order valence-electron chi connectivity index (χ4n) is 4.33. The lowest BCUT2D eigenvalue weighted by molar-refractivity contribution is 0.0958. The van der Waals surface area contributed by atoms with Crippen LogP contribution in [0.15, 0.2) is 36.9 Å². The molecule has 0 radical (unpaired) electrons. The van der Waals surface area contributed by atoms with E-state index in [2.05, 4.69) is 62.0 Å². The average molecular weight is 522 g/mol. The minimum atomic E-state index is -1.20. The quantitative estimate of drug-likeness (QED) is 0.302. The molecule has 196 valence electrons. The van der Waals surface area contributed by atoms with E-state index in [0.717, 1.165) is 28.4 Å². The molecular formula is C26H35N7O3Si. The Morgan fingerprint density at radius 3 is 2.54 bits per heavy atom. The summed E-state index contributed by atoms with van der Waals surface area (Å²) in [6.07, 6.45) is 6.74. The van der Waals surface area contributed by atoms with Gasteiger partial charge in [0, 0.05) is 46.6 Å². The number of hydrogen-bond acceptors (Lipinski definition) is 9. The van der Waals surface area contributed by atoms with Crippen LogP contribution in [0.1, 0.15) is 33.1 Å². The molecule has 0 aliphatic carbocycles. The van der Waals surface area contributed by atoms with Gasteiger partial charge in [-0.15, -0.1) is 0 Å². The number of anilines is 3. The smallest absolute Gasteiger partial charge is 0.271 e. The summed E-state index contributed by atoms with van der Waals surface area (Å²) in [5, 5.41) is 5.91. The van der Waals surface area contributed by atoms with Gasteiger partial charge in [-0.25, -0.2) is 19.9 Å². The van der Waals surface area contributed by atoms with Gasteiger partial charge in [0.05, 0.1) is 25.2 Å². The van der Waals surface area contributed by atoms with Gasteiger partial charge in [-0.2, -0.15) is 0 Å². The van der Waals surface area contributed by atoms with Gasteiger partial charge >= 0.3 is 0 Å². The van der Waals surface area contributed by atoms with E-state index in [1.54, 1.807) is 32.7 Å². The molecule has 4 rings (SSSR count). The molecule has 2 N–H and O–H groups in total. The summed E-state index contributed by atoms with van der Waals surface area (Å²) in [5.74, 6) is 1.52. The summed E-state index contributed by atoms with van der Waals surface area (Å²) in [5.41, 5.74) is 4.46. The predicted molar refractivity (Wildman–Crippen MR) is 147 cm³/mol. The fraction of sp³-hybridized carbons (Fsp3) is 0.423. The maximum Gasteiger partial charge on any atom is 0.271 e. The molecule has 37 heavy (non-hydrogen) atoms. The van der Waals surface area contributed by atoms with Crippen molar-refractivity contribution in [3.63, 3.8) is 0 Å². The summed E-state index contributed by atoms with van der Waals surface area (Å²) in [6.45, 7) is 10.9. The van der Waals surface area contributed by atoms with Gasteiger partial charge in [-0.1, -0.05) is 19.6 Å². The van der Waals surface area contributed by atoms with Gasteiger partial charge in [0.15, 0.2) is 5.69 Å². The zero-order valence-corrected chi connectivity index (χ0v) is 23.3. The van der Waals surface area contributed by atoms with E-state index in [1.807, 2.05) is 18.3 Å². The van der Waals surface area contributed by atoms with Crippen molar-refractivity contribution in [2.24, 2.45) is 0 Å². The molecule has 1 amide bonds. The first-order chi connectivity index (χ1) is 17.7. The molecule has 1 unspecified atom stereocenters. The molecule has 0 bridgehead atoms. The van der Waals surface area contributed by atoms with E-state index in [0.29, 0.717) is 43.1 Å². The first-order valence-corrected chi connectivity index (χ1v) is 16.0. The van der Waals surface area contributed by atoms with Crippen LogP contribution in [0, 0.1) is 6.92 Å². The largest absolute Gasteiger partial charge is 0.480 e. The van der Waals surface area contributed by atoms with Crippen molar-refractivity contribution in [1.29, 1.82) is 0 Å². The highest BCUT2D eigenvalue weighted by atomic mass is 28.3. The molecule has 3 aromatic heterocycles. The normalized spacial score (nSPS) is 14.9. The summed E-state index contributed by atoms with van der Waals surface area (Å²) in [6, 6.07) is 5.07. The van der Waals surface area contributed by atoms with Gasteiger partial charge in [0.1, 0.15) is 18.4 Å². The van der Waals surface area contributed by atoms with Crippen LogP contribution in [0.2, 0.25) is 25.7 Å². The molecule has 0 saturated heterocycles. The van der Waals surface area contributed by atoms with Gasteiger partial charge in [0.2, 0.25) is 5.88 Å². The van der Waals surface area contributed by atoms with E-state index in [1.165, 1.54) is 0 Å². The van der Waals surface area contributed by atoms with E-state index >= 15 is 0 Å². The third-order valence-corrected chi connectivity index (χ3v) is 8.06. The molecular weight excluding hydrogens is 486 g/mol. The van der Waals surface area contributed by atoms with E-state index < -0.39 is 8.07 Å². The van der Waals surface area contributed by atoms with Crippen LogP contribution in [0.4, 0.5) is 17.3 Å². The van der Waals surface area contributed by atoms with E-state index in [4.69, 9.17) is 9.47 Å². The van der Waals surface area contributed by atoms with Crippen molar-refractivity contribution in [2.45, 2.75) is 38.5 Å². The van der Waals surface area contributed by atoms with Crippen molar-refractivity contribution in [2.75, 3.05) is 44.3 Å². The molecule has 0 fully saturated rings. The molecule has 0 aromatic carbocycles. The number of fused-ring (bicyclic) bond motifs is 1. The summed E-state index contributed by atoms with van der Waals surface area (Å²) in [7, 11) is 1.97. The number of aryl methyl sites for hydroxylation is 1. The van der Waals surface area contributed by atoms with Gasteiger partial charge in [0.25, 0.3) is 5.91 Å². The van der Waals surface area contributed by atoms with Crippen LogP contribution in [-0.2, 0) is 4.74 Å². The molecule has 0 spiro atoms. The highest BCUT2D eigenvalue weighted by Crippen LogP contribution is 2.42. The lowest BCUT2D eigenvalue weighted by Crippen LogP contribution is -2.30. The summed E-state index contributed by atoms with van der Waals surface area (Å²) >= 11 is 0. The molecule has 0 saturated carbocycles. The van der Waals surface area contributed by atoms with Crippen molar-refractivity contribution in [3.05, 3.63) is 59.3 Å². The summed E-state index contributed by atoms with van der Waals surface area (Å²) in [4.78, 5) is 32.3. The number of rotatable bonds is 10. The van der Waals surface area contributed by atoms with Crippen molar-refractivity contribution in [1.82, 2.24) is 25.3 Å². The topological polar surface area (TPSA) is 114 Å². The molecule has 11 heteroatoms. The second-order valence-electron chi connectivity index (χ2n) is 10.3. The number of methoxy groups -OCH3 is 1. The van der Waals surface area contributed by atoms with Crippen LogP contribution < -0.4 is 20.3 Å². The number of pyridine rings is 2. The SMILES string of the molecule is CNC(=O)c1nccc2c1N(COCC[Si](C)(C)C)CC2c1cnc(Nc2cnc(OC)cn2)cc1C. The number of carbonyl (C=O) groups is 1. The minimum absolute atomic E-state index is 0.0318. The van der Waals surface area contributed by atoms with Gasteiger partial charge < -0.3 is 25.0 Å². The lowest BCUT2D eigenvalue weighted by atomic mass is 9.91. The Kier molecular flexibility index (Phi) is 8.03. The van der Waals surface area contributed by atoms with Crippen molar-refractivity contribution in [3.8, 4) is 5.88 Å². The number of ether oxygens (including phenoxy) is 2. The van der Waals surface area contributed by atoms with Crippen LogP contribution >= 0.6 is 0 Å². The van der Waals surface area contributed by atoms with Gasteiger partial charge in [-0.3, -0.25) is 4.79 Å². The average Bonchev–Trinajstić information content (AvgIpc) is 3.24. The van der Waals surface area contributed by atoms with E-state index in [9.17, 15) is 4.79 Å². The Hall–Kier alpha value is -3.57. The number of amides is 1. The Labute approximate surface area is 218 Å². The number of nitrogens with zero attached hydrogens (tertiary/aromatic N) is 5. The van der Waals surface area contributed by atoms with E-state index in [-0.39, 0.29) is 11.8 Å². The Morgan fingerprint density at radius 2 is 1.89 bits per heavy atom. The molecule has 1 atom stereocenters. The number of carbonyl (C=O) groups excluding carboxylic acids is 1. The Morgan fingerprint density at radius 1 is 1.11 bits per heavy atom. The van der Waals surface area contributed by atoms with Crippen LogP contribution in [0.3, 0.4) is 0 Å². The lowest BCUT2D eigenvalue weighted by Gasteiger charge is -2.23.